The summed E-state index contributed by atoms with van der Waals surface area (Å²) in [6, 6.07) is 1.41. The molecule has 0 atom stereocenters. The summed E-state index contributed by atoms with van der Waals surface area (Å²) >= 11 is 0. The second kappa shape index (κ2) is 4.97. The van der Waals surface area contributed by atoms with Crippen LogP contribution < -0.4 is 10.6 Å². The van der Waals surface area contributed by atoms with E-state index in [1.807, 2.05) is 13.2 Å². The minimum Gasteiger partial charge on any atom is -0.478 e. The number of carboxylic acids is 1. The van der Waals surface area contributed by atoms with E-state index >= 15 is 0 Å². The summed E-state index contributed by atoms with van der Waals surface area (Å²) in [7, 11) is 3.60. The molecule has 7 nitrogen and oxygen atoms in total. The van der Waals surface area contributed by atoms with Crippen molar-refractivity contribution in [2.24, 2.45) is 7.05 Å². The first-order chi connectivity index (χ1) is 8.97. The summed E-state index contributed by atoms with van der Waals surface area (Å²) < 4.78 is 1.69. The molecule has 0 aliphatic heterocycles. The number of rotatable bonds is 4. The normalized spacial score (nSPS) is 10.4. The Morgan fingerprint density at radius 1 is 1.53 bits per heavy atom. The number of aromatic carboxylic acids is 1. The van der Waals surface area contributed by atoms with E-state index in [-0.39, 0.29) is 5.56 Å². The molecule has 0 aromatic carbocycles. The van der Waals surface area contributed by atoms with Gasteiger partial charge in [0.1, 0.15) is 11.4 Å². The summed E-state index contributed by atoms with van der Waals surface area (Å²) in [4.78, 5) is 17.0. The molecule has 7 heteroatoms. The summed E-state index contributed by atoms with van der Waals surface area (Å²) in [5, 5.41) is 13.2. The minimum atomic E-state index is -1.05. The zero-order valence-corrected chi connectivity index (χ0v) is 10.7. The van der Waals surface area contributed by atoms with Crippen LogP contribution in [0.4, 0.5) is 11.5 Å². The van der Waals surface area contributed by atoms with E-state index in [9.17, 15) is 9.90 Å². The lowest BCUT2D eigenvalue weighted by molar-refractivity contribution is 0.0697. The molecule has 2 aromatic heterocycles. The van der Waals surface area contributed by atoms with Crippen LogP contribution in [0.5, 0.6) is 0 Å². The van der Waals surface area contributed by atoms with Gasteiger partial charge in [-0.25, -0.2) is 9.78 Å². The number of carboxylic acid groups (broad SMARTS) is 1. The molecule has 2 rings (SSSR count). The maximum Gasteiger partial charge on any atom is 0.339 e. The van der Waals surface area contributed by atoms with E-state index in [0.29, 0.717) is 18.1 Å². The Bertz CT molecular complexity index is 608. The number of nitrogens with two attached hydrogens (primary N) is 1. The zero-order valence-electron chi connectivity index (χ0n) is 10.7. The lowest BCUT2D eigenvalue weighted by Gasteiger charge is -2.19. The molecule has 0 radical (unpaired) electrons. The number of nitrogens with zero attached hydrogens (tertiary/aromatic N) is 4. The van der Waals surface area contributed by atoms with Crippen molar-refractivity contribution >= 4 is 17.5 Å². The summed E-state index contributed by atoms with van der Waals surface area (Å²) in [6.07, 6.45) is 5.05. The van der Waals surface area contributed by atoms with Crippen molar-refractivity contribution in [1.29, 1.82) is 0 Å². The first kappa shape index (κ1) is 12.9. The molecule has 0 bridgehead atoms. The third kappa shape index (κ3) is 2.82. The number of hydrogen-bond donors (Lipinski definition) is 2. The molecule has 100 valence electrons. The quantitative estimate of drug-likeness (QED) is 0.842. The predicted octanol–water partition coefficient (Wildman–Crippen LogP) is 0.732. The molecule has 0 aliphatic carbocycles. The van der Waals surface area contributed by atoms with Crippen molar-refractivity contribution in [2.45, 2.75) is 6.54 Å². The van der Waals surface area contributed by atoms with Gasteiger partial charge in [0, 0.05) is 32.4 Å². The smallest absolute Gasteiger partial charge is 0.339 e. The third-order valence-electron chi connectivity index (χ3n) is 2.66. The van der Waals surface area contributed by atoms with Crippen LogP contribution in [-0.4, -0.2) is 32.9 Å². The average molecular weight is 261 g/mol. The second-order valence-corrected chi connectivity index (χ2v) is 4.32. The minimum absolute atomic E-state index is 0.0893. The number of aryl methyl sites for hydroxylation is 1. The fourth-order valence-corrected chi connectivity index (χ4v) is 1.84. The van der Waals surface area contributed by atoms with Gasteiger partial charge >= 0.3 is 5.97 Å². The Labute approximate surface area is 110 Å². The number of carbonyl (C=O) groups is 1. The maximum atomic E-state index is 11.2. The molecular weight excluding hydrogens is 246 g/mol. The zero-order chi connectivity index (χ0) is 14.0. The number of anilines is 2. The number of pyridine rings is 1. The molecule has 0 amide bonds. The molecule has 0 unspecified atom stereocenters. The third-order valence-corrected chi connectivity index (χ3v) is 2.66. The van der Waals surface area contributed by atoms with E-state index < -0.39 is 5.97 Å². The fraction of sp³-hybridized carbons (Fsp3) is 0.250. The van der Waals surface area contributed by atoms with Crippen LogP contribution in [-0.2, 0) is 13.6 Å². The first-order valence-corrected chi connectivity index (χ1v) is 5.65. The SMILES string of the molecule is CN(Cc1cnn(C)c1)c1ncc(N)cc1C(=O)O. The highest BCUT2D eigenvalue weighted by Gasteiger charge is 2.16. The van der Waals surface area contributed by atoms with E-state index in [4.69, 9.17) is 5.73 Å². The Hall–Kier alpha value is -2.57. The van der Waals surface area contributed by atoms with Gasteiger partial charge in [-0.15, -0.1) is 0 Å². The van der Waals surface area contributed by atoms with Crippen molar-refractivity contribution in [1.82, 2.24) is 14.8 Å². The van der Waals surface area contributed by atoms with Crippen molar-refractivity contribution in [3.05, 3.63) is 35.8 Å². The van der Waals surface area contributed by atoms with Crippen molar-refractivity contribution < 1.29 is 9.90 Å². The second-order valence-electron chi connectivity index (χ2n) is 4.32. The largest absolute Gasteiger partial charge is 0.478 e. The Morgan fingerprint density at radius 3 is 2.84 bits per heavy atom. The van der Waals surface area contributed by atoms with E-state index in [1.165, 1.54) is 12.3 Å². The average Bonchev–Trinajstić information content (AvgIpc) is 2.74. The van der Waals surface area contributed by atoms with Crippen LogP contribution in [0.25, 0.3) is 0 Å². The van der Waals surface area contributed by atoms with Crippen LogP contribution in [0.1, 0.15) is 15.9 Å². The van der Waals surface area contributed by atoms with Crippen LogP contribution in [0, 0.1) is 0 Å². The van der Waals surface area contributed by atoms with Crippen LogP contribution in [0.2, 0.25) is 0 Å². The van der Waals surface area contributed by atoms with Crippen molar-refractivity contribution in [3.8, 4) is 0 Å². The highest BCUT2D eigenvalue weighted by Crippen LogP contribution is 2.20. The van der Waals surface area contributed by atoms with E-state index in [0.717, 1.165) is 5.56 Å². The highest BCUT2D eigenvalue weighted by atomic mass is 16.4. The Kier molecular flexibility index (Phi) is 3.37. The molecule has 0 saturated heterocycles. The lowest BCUT2D eigenvalue weighted by Crippen LogP contribution is -2.20. The fourth-order valence-electron chi connectivity index (χ4n) is 1.84. The molecule has 19 heavy (non-hydrogen) atoms. The van der Waals surface area contributed by atoms with Gasteiger partial charge in [-0.05, 0) is 6.07 Å². The monoisotopic (exact) mass is 261 g/mol. The highest BCUT2D eigenvalue weighted by molar-refractivity contribution is 5.94. The van der Waals surface area contributed by atoms with Gasteiger partial charge in [0.2, 0.25) is 0 Å². The first-order valence-electron chi connectivity index (χ1n) is 5.65. The molecule has 0 saturated carbocycles. The van der Waals surface area contributed by atoms with Gasteiger partial charge in [0.25, 0.3) is 0 Å². The molecule has 0 fully saturated rings. The molecule has 0 aliphatic rings. The molecule has 0 spiro atoms. The van der Waals surface area contributed by atoms with Crippen LogP contribution >= 0.6 is 0 Å². The molecule has 3 N–H and O–H groups in total. The molecular formula is C12H15N5O2. The van der Waals surface area contributed by atoms with Crippen LogP contribution in [0.15, 0.2) is 24.7 Å². The number of hydrogen-bond acceptors (Lipinski definition) is 5. The predicted molar refractivity (Wildman–Crippen MR) is 70.9 cm³/mol. The summed E-state index contributed by atoms with van der Waals surface area (Å²) in [6.45, 7) is 0.519. The van der Waals surface area contributed by atoms with Gasteiger partial charge < -0.3 is 15.7 Å². The van der Waals surface area contributed by atoms with Gasteiger partial charge in [0.15, 0.2) is 0 Å². The van der Waals surface area contributed by atoms with Gasteiger partial charge in [-0.3, -0.25) is 4.68 Å². The number of aromatic nitrogens is 3. The van der Waals surface area contributed by atoms with Crippen molar-refractivity contribution in [2.75, 3.05) is 17.7 Å². The van der Waals surface area contributed by atoms with Crippen molar-refractivity contribution in [3.63, 3.8) is 0 Å². The molecule has 2 aromatic rings. The topological polar surface area (TPSA) is 97.3 Å². The van der Waals surface area contributed by atoms with Gasteiger partial charge in [-0.2, -0.15) is 5.10 Å². The Balaban J connectivity index is 2.28. The standard InChI is InChI=1S/C12H15N5O2/c1-16(6-8-4-15-17(2)7-8)11-10(12(18)19)3-9(13)5-14-11/h3-5,7H,6,13H2,1-2H3,(H,18,19). The van der Waals surface area contributed by atoms with Gasteiger partial charge in [-0.1, -0.05) is 0 Å². The molecule has 2 heterocycles. The summed E-state index contributed by atoms with van der Waals surface area (Å²) in [5.74, 6) is -0.668. The van der Waals surface area contributed by atoms with E-state index in [1.54, 1.807) is 22.8 Å². The lowest BCUT2D eigenvalue weighted by atomic mass is 10.2. The number of nitrogen functional groups attached to an aromatic ring is 1. The Morgan fingerprint density at radius 2 is 2.26 bits per heavy atom. The maximum absolute atomic E-state index is 11.2. The van der Waals surface area contributed by atoms with Gasteiger partial charge in [0.05, 0.1) is 18.1 Å². The summed E-state index contributed by atoms with van der Waals surface area (Å²) in [5.41, 5.74) is 6.95. The van der Waals surface area contributed by atoms with E-state index in [2.05, 4.69) is 10.1 Å². The van der Waals surface area contributed by atoms with Crippen LogP contribution in [0.3, 0.4) is 0 Å².